The summed E-state index contributed by atoms with van der Waals surface area (Å²) in [5.74, 6) is -1.62. The van der Waals surface area contributed by atoms with E-state index in [-0.39, 0.29) is 11.8 Å². The maximum atomic E-state index is 12.6. The van der Waals surface area contributed by atoms with Crippen molar-refractivity contribution in [3.8, 4) is 17.2 Å². The number of methoxy groups -OCH3 is 3. The number of carbonyl (C=O) groups excluding carboxylic acids is 1. The normalized spacial score (nSPS) is 13.7. The van der Waals surface area contributed by atoms with Crippen LogP contribution >= 0.6 is 11.6 Å². The van der Waals surface area contributed by atoms with Crippen molar-refractivity contribution in [2.45, 2.75) is 25.9 Å². The number of nitrogens with one attached hydrogen (secondary N) is 1. The van der Waals surface area contributed by atoms with Crippen molar-refractivity contribution in [1.29, 1.82) is 0 Å². The fourth-order valence-electron chi connectivity index (χ4n) is 3.81. The highest BCUT2D eigenvalue weighted by atomic mass is 35.5. The van der Waals surface area contributed by atoms with Gasteiger partial charge in [0.2, 0.25) is 11.7 Å². The first-order valence-corrected chi connectivity index (χ1v) is 11.6. The third kappa shape index (κ3) is 8.31. The Morgan fingerprint density at radius 1 is 0.972 bits per heavy atom. The molecule has 0 spiro atoms. The van der Waals surface area contributed by atoms with Crippen molar-refractivity contribution >= 4 is 29.4 Å². The minimum Gasteiger partial charge on any atom is -0.493 e. The number of hydrogen-bond donors (Lipinski definition) is 3. The van der Waals surface area contributed by atoms with Crippen LogP contribution in [0.4, 0.5) is 0 Å². The third-order valence-electron chi connectivity index (χ3n) is 5.68. The lowest BCUT2D eigenvalue weighted by molar-refractivity contribution is -0.159. The number of aliphatic carboxylic acids is 2. The van der Waals surface area contributed by atoms with Gasteiger partial charge in [-0.3, -0.25) is 9.69 Å². The number of rotatable bonds is 8. The van der Waals surface area contributed by atoms with E-state index in [2.05, 4.69) is 10.2 Å². The number of carbonyl (C=O) groups is 3. The zero-order chi connectivity index (χ0) is 26.7. The molecule has 0 atom stereocenters. The number of piperidine rings is 1. The lowest BCUT2D eigenvalue weighted by Crippen LogP contribution is -2.40. The third-order valence-corrected chi connectivity index (χ3v) is 6.05. The van der Waals surface area contributed by atoms with Crippen molar-refractivity contribution in [3.05, 3.63) is 52.5 Å². The summed E-state index contributed by atoms with van der Waals surface area (Å²) in [5.41, 5.74) is 2.03. The maximum Gasteiger partial charge on any atom is 0.414 e. The SMILES string of the molecule is COc1cc(CN2CCC(C(=O)NCc3ccccc3Cl)CC2)cc(OC)c1OC.O=C(O)C(=O)O. The summed E-state index contributed by atoms with van der Waals surface area (Å²) in [6.07, 6.45) is 1.66. The molecule has 0 bridgehead atoms. The van der Waals surface area contributed by atoms with Gasteiger partial charge in [-0.1, -0.05) is 29.8 Å². The van der Waals surface area contributed by atoms with Gasteiger partial charge in [0, 0.05) is 24.0 Å². The second-order valence-electron chi connectivity index (χ2n) is 8.00. The standard InChI is InChI=1S/C23H29ClN2O4.C2H2O4/c1-28-20-12-16(13-21(29-2)22(20)30-3)15-26-10-8-17(9-11-26)23(27)25-14-18-6-4-5-7-19(18)24;3-1(4)2(5)6/h4-7,12-13,17H,8-11,14-15H2,1-3H3,(H,25,27);(H,3,4)(H,5,6). The highest BCUT2D eigenvalue weighted by molar-refractivity contribution is 6.31. The number of carboxylic acids is 2. The number of carboxylic acid groups (broad SMARTS) is 2. The van der Waals surface area contributed by atoms with Gasteiger partial charge in [-0.2, -0.15) is 0 Å². The van der Waals surface area contributed by atoms with E-state index in [0.717, 1.165) is 43.6 Å². The van der Waals surface area contributed by atoms with E-state index in [1.54, 1.807) is 21.3 Å². The van der Waals surface area contributed by atoms with Crippen LogP contribution in [0.2, 0.25) is 5.02 Å². The van der Waals surface area contributed by atoms with Gasteiger partial charge in [-0.25, -0.2) is 9.59 Å². The molecule has 1 aliphatic heterocycles. The van der Waals surface area contributed by atoms with E-state index in [0.29, 0.717) is 28.8 Å². The summed E-state index contributed by atoms with van der Waals surface area (Å²) in [4.78, 5) is 33.1. The molecule has 36 heavy (non-hydrogen) atoms. The number of amides is 1. The Labute approximate surface area is 214 Å². The van der Waals surface area contributed by atoms with Crippen molar-refractivity contribution in [3.63, 3.8) is 0 Å². The Bertz CT molecular complexity index is 1020. The van der Waals surface area contributed by atoms with E-state index in [1.807, 2.05) is 36.4 Å². The Balaban J connectivity index is 0.000000678. The van der Waals surface area contributed by atoms with Gasteiger partial charge in [-0.05, 0) is 55.3 Å². The minimum atomic E-state index is -1.82. The molecular weight excluding hydrogens is 492 g/mol. The molecule has 0 unspecified atom stereocenters. The molecule has 1 amide bonds. The Morgan fingerprint density at radius 3 is 2.00 bits per heavy atom. The van der Waals surface area contributed by atoms with E-state index in [1.165, 1.54) is 0 Å². The first-order valence-electron chi connectivity index (χ1n) is 11.2. The molecule has 1 fully saturated rings. The highest BCUT2D eigenvalue weighted by Crippen LogP contribution is 2.38. The van der Waals surface area contributed by atoms with Gasteiger partial charge >= 0.3 is 11.9 Å². The van der Waals surface area contributed by atoms with Crippen LogP contribution < -0.4 is 19.5 Å². The van der Waals surface area contributed by atoms with Crippen LogP contribution in [0.5, 0.6) is 17.2 Å². The van der Waals surface area contributed by atoms with Crippen molar-refractivity contribution in [2.24, 2.45) is 5.92 Å². The van der Waals surface area contributed by atoms with Crippen LogP contribution in [0.15, 0.2) is 36.4 Å². The molecule has 0 aliphatic carbocycles. The molecule has 1 saturated heterocycles. The van der Waals surface area contributed by atoms with Gasteiger partial charge in [0.25, 0.3) is 0 Å². The summed E-state index contributed by atoms with van der Waals surface area (Å²) in [6.45, 7) is 2.95. The molecule has 11 heteroatoms. The lowest BCUT2D eigenvalue weighted by Gasteiger charge is -2.31. The second-order valence-corrected chi connectivity index (χ2v) is 8.41. The number of benzene rings is 2. The molecule has 196 valence electrons. The number of ether oxygens (including phenoxy) is 3. The number of nitrogens with zero attached hydrogens (tertiary/aromatic N) is 1. The van der Waals surface area contributed by atoms with Crippen LogP contribution in [-0.4, -0.2) is 67.4 Å². The summed E-state index contributed by atoms with van der Waals surface area (Å²) in [7, 11) is 4.84. The zero-order valence-electron chi connectivity index (χ0n) is 20.5. The van der Waals surface area contributed by atoms with Crippen LogP contribution in [0.1, 0.15) is 24.0 Å². The van der Waals surface area contributed by atoms with Crippen molar-refractivity contribution in [2.75, 3.05) is 34.4 Å². The predicted molar refractivity (Wildman–Crippen MR) is 133 cm³/mol. The largest absolute Gasteiger partial charge is 0.493 e. The average molecular weight is 523 g/mol. The van der Waals surface area contributed by atoms with E-state index in [4.69, 9.17) is 45.6 Å². The van der Waals surface area contributed by atoms with Gasteiger partial charge in [0.15, 0.2) is 11.5 Å². The second kappa shape index (κ2) is 14.2. The zero-order valence-corrected chi connectivity index (χ0v) is 21.2. The molecule has 0 aromatic heterocycles. The average Bonchev–Trinajstić information content (AvgIpc) is 2.88. The molecule has 1 aliphatic rings. The first-order chi connectivity index (χ1) is 17.2. The fourth-order valence-corrected chi connectivity index (χ4v) is 4.01. The predicted octanol–water partition coefficient (Wildman–Crippen LogP) is 3.05. The molecule has 10 nitrogen and oxygen atoms in total. The van der Waals surface area contributed by atoms with Gasteiger partial charge in [-0.15, -0.1) is 0 Å². The smallest absolute Gasteiger partial charge is 0.414 e. The van der Waals surface area contributed by atoms with Gasteiger partial charge in [0.1, 0.15) is 0 Å². The lowest BCUT2D eigenvalue weighted by atomic mass is 9.95. The van der Waals surface area contributed by atoms with E-state index >= 15 is 0 Å². The van der Waals surface area contributed by atoms with Crippen LogP contribution in [0.25, 0.3) is 0 Å². The number of hydrogen-bond acceptors (Lipinski definition) is 7. The Morgan fingerprint density at radius 2 is 1.53 bits per heavy atom. The maximum absolute atomic E-state index is 12.6. The molecule has 1 heterocycles. The molecule has 2 aromatic rings. The van der Waals surface area contributed by atoms with Crippen LogP contribution in [0, 0.1) is 5.92 Å². The topological polar surface area (TPSA) is 135 Å². The number of halogens is 1. The van der Waals surface area contributed by atoms with E-state index < -0.39 is 11.9 Å². The van der Waals surface area contributed by atoms with Crippen LogP contribution in [0.3, 0.4) is 0 Å². The van der Waals surface area contributed by atoms with Gasteiger partial charge in [0.05, 0.1) is 21.3 Å². The molecule has 3 rings (SSSR count). The molecule has 2 aromatic carbocycles. The summed E-state index contributed by atoms with van der Waals surface area (Å²) in [6, 6.07) is 11.5. The summed E-state index contributed by atoms with van der Waals surface area (Å²) in [5, 5.41) is 18.5. The molecular formula is C25H31ClN2O8. The Kier molecular flexibility index (Phi) is 11.3. The van der Waals surface area contributed by atoms with Gasteiger partial charge < -0.3 is 29.7 Å². The summed E-state index contributed by atoms with van der Waals surface area (Å²) >= 11 is 6.17. The summed E-state index contributed by atoms with van der Waals surface area (Å²) < 4.78 is 16.3. The Hall–Kier alpha value is -3.50. The molecule has 0 radical (unpaired) electrons. The van der Waals surface area contributed by atoms with E-state index in [9.17, 15) is 4.79 Å². The first kappa shape index (κ1) is 28.7. The van der Waals surface area contributed by atoms with Crippen molar-refractivity contribution < 1.29 is 38.8 Å². The minimum absolute atomic E-state index is 0.0312. The molecule has 3 N–H and O–H groups in total. The van der Waals surface area contributed by atoms with Crippen LogP contribution in [-0.2, 0) is 27.5 Å². The number of likely N-dealkylation sites (tertiary alicyclic amines) is 1. The quantitative estimate of drug-likeness (QED) is 0.447. The molecule has 0 saturated carbocycles. The fraction of sp³-hybridized carbons (Fsp3) is 0.400. The van der Waals surface area contributed by atoms with Crippen molar-refractivity contribution in [1.82, 2.24) is 10.2 Å². The monoisotopic (exact) mass is 522 g/mol. The highest BCUT2D eigenvalue weighted by Gasteiger charge is 2.25.